The highest BCUT2D eigenvalue weighted by atomic mass is 16.5. The van der Waals surface area contributed by atoms with Crippen LogP contribution < -0.4 is 20.1 Å². The molecule has 0 atom stereocenters. The molecule has 1 aliphatic heterocycles. The fourth-order valence-electron chi connectivity index (χ4n) is 3.29. The molecule has 0 bridgehead atoms. The second-order valence-electron chi connectivity index (χ2n) is 7.57. The van der Waals surface area contributed by atoms with Crippen molar-refractivity contribution in [3.63, 3.8) is 0 Å². The van der Waals surface area contributed by atoms with E-state index in [4.69, 9.17) is 14.2 Å². The number of ether oxygens (including phenoxy) is 3. The molecule has 2 N–H and O–H groups in total. The summed E-state index contributed by atoms with van der Waals surface area (Å²) < 4.78 is 19.1. The topological polar surface area (TPSA) is 125 Å². The molecular weight excluding hydrogens is 414 g/mol. The molecule has 166 valence electrons. The van der Waals surface area contributed by atoms with Crippen molar-refractivity contribution in [2.45, 2.75) is 12.8 Å². The highest BCUT2D eigenvalue weighted by Gasteiger charge is 2.30. The van der Waals surface area contributed by atoms with E-state index in [2.05, 4.69) is 30.9 Å². The molecule has 3 heterocycles. The van der Waals surface area contributed by atoms with E-state index >= 15 is 0 Å². The summed E-state index contributed by atoms with van der Waals surface area (Å²) in [5, 5.41) is 18.8. The minimum Gasteiger partial charge on any atom is -0.488 e. The molecule has 32 heavy (non-hydrogen) atoms. The molecule has 1 saturated carbocycles. The highest BCUT2D eigenvalue weighted by molar-refractivity contribution is 5.93. The number of carbonyl (C=O) groups excluding carboxylic acids is 1. The van der Waals surface area contributed by atoms with Gasteiger partial charge in [0.25, 0.3) is 5.88 Å². The molecule has 0 unspecified atom stereocenters. The standard InChI is InChI=1S/C21H23N7O4/c1-28-12-22-19(27-28)14-3-2-4-15-18(14)31-9-7-30-8-10-32-21-16(23-15)11-17(25-26-21)24-20(29)13-5-6-13/h2-4,11-13,23H,5-10H2,1H3,(H,24,25,29). The molecule has 11 nitrogen and oxygen atoms in total. The third kappa shape index (κ3) is 4.47. The molecule has 1 amide bonds. The third-order valence-electron chi connectivity index (χ3n) is 5.02. The van der Waals surface area contributed by atoms with Crippen LogP contribution >= 0.6 is 0 Å². The highest BCUT2D eigenvalue weighted by Crippen LogP contribution is 2.39. The molecule has 3 aromatic rings. The van der Waals surface area contributed by atoms with Gasteiger partial charge < -0.3 is 24.8 Å². The van der Waals surface area contributed by atoms with Crippen molar-refractivity contribution < 1.29 is 19.0 Å². The van der Waals surface area contributed by atoms with Gasteiger partial charge in [-0.3, -0.25) is 9.48 Å². The summed E-state index contributed by atoms with van der Waals surface area (Å²) in [4.78, 5) is 16.5. The molecule has 2 aliphatic rings. The quantitative estimate of drug-likeness (QED) is 0.634. The largest absolute Gasteiger partial charge is 0.488 e. The number of carbonyl (C=O) groups is 1. The van der Waals surface area contributed by atoms with E-state index < -0.39 is 0 Å². The van der Waals surface area contributed by atoms with Gasteiger partial charge in [-0.2, -0.15) is 5.10 Å². The molecule has 1 fully saturated rings. The average molecular weight is 437 g/mol. The van der Waals surface area contributed by atoms with Crippen LogP contribution in [0.4, 0.5) is 17.2 Å². The van der Waals surface area contributed by atoms with Gasteiger partial charge in [-0.15, -0.1) is 10.2 Å². The predicted octanol–water partition coefficient (Wildman–Crippen LogP) is 2.15. The van der Waals surface area contributed by atoms with Gasteiger partial charge in [-0.1, -0.05) is 6.07 Å². The first-order chi connectivity index (χ1) is 15.7. The Morgan fingerprint density at radius 2 is 1.97 bits per heavy atom. The van der Waals surface area contributed by atoms with Gasteiger partial charge in [0.2, 0.25) is 5.91 Å². The lowest BCUT2D eigenvalue weighted by Gasteiger charge is -2.19. The number of amides is 1. The van der Waals surface area contributed by atoms with Crippen molar-refractivity contribution in [3.05, 3.63) is 30.6 Å². The fourth-order valence-corrected chi connectivity index (χ4v) is 3.29. The van der Waals surface area contributed by atoms with E-state index in [1.165, 1.54) is 0 Å². The Kier molecular flexibility index (Phi) is 5.55. The van der Waals surface area contributed by atoms with E-state index in [1.807, 2.05) is 25.2 Å². The lowest BCUT2D eigenvalue weighted by Crippen LogP contribution is -2.17. The van der Waals surface area contributed by atoms with Crippen LogP contribution in [0.5, 0.6) is 11.6 Å². The number of para-hydroxylation sites is 1. The molecule has 0 radical (unpaired) electrons. The van der Waals surface area contributed by atoms with Crippen molar-refractivity contribution in [2.24, 2.45) is 13.0 Å². The van der Waals surface area contributed by atoms with Crippen LogP contribution in [0.15, 0.2) is 30.6 Å². The number of aromatic nitrogens is 5. The first-order valence-electron chi connectivity index (χ1n) is 10.5. The Hall–Kier alpha value is -3.73. The molecule has 11 heteroatoms. The first-order valence-corrected chi connectivity index (χ1v) is 10.5. The molecular formula is C21H23N7O4. The summed E-state index contributed by atoms with van der Waals surface area (Å²) in [6, 6.07) is 7.35. The Morgan fingerprint density at radius 3 is 2.75 bits per heavy atom. The number of hydrogen-bond donors (Lipinski definition) is 2. The van der Waals surface area contributed by atoms with E-state index in [-0.39, 0.29) is 11.8 Å². The number of anilines is 3. The van der Waals surface area contributed by atoms with Gasteiger partial charge in [-0.05, 0) is 25.0 Å². The summed E-state index contributed by atoms with van der Waals surface area (Å²) in [5.41, 5.74) is 1.95. The van der Waals surface area contributed by atoms with Crippen LogP contribution in [0.1, 0.15) is 12.8 Å². The van der Waals surface area contributed by atoms with E-state index in [1.54, 1.807) is 17.1 Å². The summed E-state index contributed by atoms with van der Waals surface area (Å²) >= 11 is 0. The van der Waals surface area contributed by atoms with Crippen molar-refractivity contribution in [1.82, 2.24) is 25.0 Å². The summed E-state index contributed by atoms with van der Waals surface area (Å²) in [6.07, 6.45) is 3.44. The second kappa shape index (κ2) is 8.79. The van der Waals surface area contributed by atoms with Gasteiger partial charge in [0.05, 0.1) is 24.5 Å². The zero-order valence-corrected chi connectivity index (χ0v) is 17.6. The van der Waals surface area contributed by atoms with Crippen molar-refractivity contribution in [3.8, 4) is 23.0 Å². The van der Waals surface area contributed by atoms with Crippen LogP contribution in [0.3, 0.4) is 0 Å². The second-order valence-corrected chi connectivity index (χ2v) is 7.57. The minimum atomic E-state index is -0.0473. The predicted molar refractivity (Wildman–Crippen MR) is 115 cm³/mol. The Balaban J connectivity index is 1.52. The number of benzene rings is 1. The third-order valence-corrected chi connectivity index (χ3v) is 5.02. The number of aryl methyl sites for hydroxylation is 1. The average Bonchev–Trinajstić information content (AvgIpc) is 3.55. The van der Waals surface area contributed by atoms with Gasteiger partial charge in [0, 0.05) is 19.0 Å². The minimum absolute atomic E-state index is 0.0473. The summed E-state index contributed by atoms with van der Waals surface area (Å²) in [7, 11) is 1.81. The summed E-state index contributed by atoms with van der Waals surface area (Å²) in [5.74, 6) is 1.78. The number of fused-ring (bicyclic) bond motifs is 2. The molecule has 0 saturated heterocycles. The molecule has 1 aromatic carbocycles. The van der Waals surface area contributed by atoms with Gasteiger partial charge >= 0.3 is 0 Å². The molecule has 0 spiro atoms. The lowest BCUT2D eigenvalue weighted by molar-refractivity contribution is -0.117. The number of rotatable bonds is 3. The Bertz CT molecular complexity index is 1130. The van der Waals surface area contributed by atoms with Crippen LogP contribution in [0.25, 0.3) is 11.4 Å². The normalized spacial score (nSPS) is 16.2. The molecule has 2 aromatic heterocycles. The van der Waals surface area contributed by atoms with Gasteiger partial charge in [0.1, 0.15) is 25.2 Å². The number of hydrogen-bond acceptors (Lipinski definition) is 9. The monoisotopic (exact) mass is 437 g/mol. The fraction of sp³-hybridized carbons (Fsp3) is 0.381. The first kappa shape index (κ1) is 20.2. The molecule has 1 aliphatic carbocycles. The Labute approximate surface area is 184 Å². The number of nitrogens with one attached hydrogen (secondary N) is 2. The Morgan fingerprint density at radius 1 is 1.12 bits per heavy atom. The van der Waals surface area contributed by atoms with E-state index in [9.17, 15) is 4.79 Å². The van der Waals surface area contributed by atoms with Gasteiger partial charge in [-0.25, -0.2) is 4.98 Å². The smallest absolute Gasteiger partial charge is 0.257 e. The number of nitrogens with zero attached hydrogens (tertiary/aromatic N) is 5. The van der Waals surface area contributed by atoms with E-state index in [0.29, 0.717) is 61.1 Å². The SMILES string of the molecule is Cn1cnc(-c2cccc3c2OCCOCCOc2nnc(NC(=O)C4CC4)cc2N3)n1. The van der Waals surface area contributed by atoms with Crippen molar-refractivity contribution in [2.75, 3.05) is 37.1 Å². The zero-order chi connectivity index (χ0) is 21.9. The van der Waals surface area contributed by atoms with Gasteiger partial charge in [0.15, 0.2) is 17.4 Å². The zero-order valence-electron chi connectivity index (χ0n) is 17.6. The van der Waals surface area contributed by atoms with Crippen LogP contribution in [0.2, 0.25) is 0 Å². The summed E-state index contributed by atoms with van der Waals surface area (Å²) in [6.45, 7) is 1.43. The van der Waals surface area contributed by atoms with Crippen LogP contribution in [-0.4, -0.2) is 57.3 Å². The van der Waals surface area contributed by atoms with Crippen LogP contribution in [-0.2, 0) is 16.6 Å². The maximum Gasteiger partial charge on any atom is 0.257 e. The lowest BCUT2D eigenvalue weighted by atomic mass is 10.1. The van der Waals surface area contributed by atoms with Crippen molar-refractivity contribution in [1.29, 1.82) is 0 Å². The maximum absolute atomic E-state index is 12.2. The molecule has 5 rings (SSSR count). The van der Waals surface area contributed by atoms with Crippen LogP contribution in [0, 0.1) is 5.92 Å². The van der Waals surface area contributed by atoms with E-state index in [0.717, 1.165) is 18.4 Å². The van der Waals surface area contributed by atoms with Crippen molar-refractivity contribution >= 4 is 23.1 Å². The maximum atomic E-state index is 12.2.